The van der Waals surface area contributed by atoms with E-state index in [9.17, 15) is 5.11 Å². The van der Waals surface area contributed by atoms with Crippen LogP contribution in [-0.2, 0) is 5.41 Å². The maximum atomic E-state index is 10.6. The molecule has 3 rings (SSSR count). The molecule has 0 bridgehead atoms. The maximum absolute atomic E-state index is 10.6. The number of aromatic hydroxyl groups is 1. The van der Waals surface area contributed by atoms with Crippen LogP contribution in [0.25, 0.3) is 16.7 Å². The van der Waals surface area contributed by atoms with Crippen molar-refractivity contribution >= 4 is 42.9 Å². The Morgan fingerprint density at radius 1 is 0.955 bits per heavy atom. The summed E-state index contributed by atoms with van der Waals surface area (Å²) in [6.07, 6.45) is 0. The van der Waals surface area contributed by atoms with E-state index in [1.165, 1.54) is 4.80 Å². The summed E-state index contributed by atoms with van der Waals surface area (Å²) in [5.41, 5.74) is 2.77. The Morgan fingerprint density at radius 2 is 1.50 bits per heavy atom. The first-order valence-corrected chi connectivity index (χ1v) is 8.41. The lowest BCUT2D eigenvalue weighted by Gasteiger charge is -2.21. The molecule has 0 saturated carbocycles. The van der Waals surface area contributed by atoms with Gasteiger partial charge in [-0.15, -0.1) is 15.0 Å². The lowest BCUT2D eigenvalue weighted by atomic mass is 9.86. The highest BCUT2D eigenvalue weighted by Gasteiger charge is 2.21. The van der Waals surface area contributed by atoms with Gasteiger partial charge in [0.1, 0.15) is 22.5 Å². The topological polar surface area (TPSA) is 50.9 Å². The van der Waals surface area contributed by atoms with Crippen LogP contribution < -0.4 is 0 Å². The molecule has 0 unspecified atom stereocenters. The highest BCUT2D eigenvalue weighted by atomic mass is 79.9. The normalized spacial score (nSPS) is 12.0. The fourth-order valence-electron chi connectivity index (χ4n) is 2.34. The fraction of sp³-hybridized carbons (Fsp3) is 0.250. The fourth-order valence-corrected chi connectivity index (χ4v) is 3.14. The van der Waals surface area contributed by atoms with Gasteiger partial charge in [0, 0.05) is 14.5 Å². The van der Waals surface area contributed by atoms with Gasteiger partial charge in [0.05, 0.1) is 0 Å². The molecule has 0 amide bonds. The number of phenols is 1. The van der Waals surface area contributed by atoms with Crippen molar-refractivity contribution in [3.8, 4) is 11.4 Å². The predicted octanol–water partition coefficient (Wildman–Crippen LogP) is 4.95. The summed E-state index contributed by atoms with van der Waals surface area (Å²) < 4.78 is 1.73. The standard InChI is InChI=1S/C16H15Br2N3O/c1-16(2,3)9-5-4-6-12(15(9)22)21-19-13-10(17)7-8-11(18)14(13)20-21/h4-8,22H,1-3H3. The Hall–Kier alpha value is -1.40. The van der Waals surface area contributed by atoms with Gasteiger partial charge in [0.15, 0.2) is 0 Å². The molecule has 1 N–H and O–H groups in total. The van der Waals surface area contributed by atoms with Gasteiger partial charge < -0.3 is 5.11 Å². The number of nitrogens with zero attached hydrogens (tertiary/aromatic N) is 3. The Kier molecular flexibility index (Phi) is 3.77. The van der Waals surface area contributed by atoms with Crippen molar-refractivity contribution in [2.24, 2.45) is 0 Å². The first-order valence-electron chi connectivity index (χ1n) is 6.83. The summed E-state index contributed by atoms with van der Waals surface area (Å²) in [5.74, 6) is 0.211. The van der Waals surface area contributed by atoms with Gasteiger partial charge in [-0.25, -0.2) is 0 Å². The second kappa shape index (κ2) is 5.35. The third kappa shape index (κ3) is 2.54. The van der Waals surface area contributed by atoms with E-state index >= 15 is 0 Å². The molecule has 0 aliphatic heterocycles. The molecular weight excluding hydrogens is 410 g/mol. The van der Waals surface area contributed by atoms with E-state index in [0.717, 1.165) is 25.5 Å². The van der Waals surface area contributed by atoms with Crippen molar-refractivity contribution in [3.63, 3.8) is 0 Å². The van der Waals surface area contributed by atoms with E-state index < -0.39 is 0 Å². The molecule has 3 aromatic rings. The molecule has 0 atom stereocenters. The minimum absolute atomic E-state index is 0.159. The van der Waals surface area contributed by atoms with Crippen LogP contribution in [0.3, 0.4) is 0 Å². The average Bonchev–Trinajstić information content (AvgIpc) is 2.88. The lowest BCUT2D eigenvalue weighted by molar-refractivity contribution is 0.440. The Balaban J connectivity index is 2.25. The van der Waals surface area contributed by atoms with Crippen molar-refractivity contribution in [1.82, 2.24) is 15.0 Å². The number of fused-ring (bicyclic) bond motifs is 1. The third-order valence-corrected chi connectivity index (χ3v) is 4.76. The molecule has 2 aromatic carbocycles. The minimum Gasteiger partial charge on any atom is -0.505 e. The van der Waals surface area contributed by atoms with E-state index in [0.29, 0.717) is 5.69 Å². The van der Waals surface area contributed by atoms with Crippen molar-refractivity contribution in [2.45, 2.75) is 26.2 Å². The molecule has 1 aromatic heterocycles. The molecule has 0 fully saturated rings. The largest absolute Gasteiger partial charge is 0.505 e. The van der Waals surface area contributed by atoms with Crippen molar-refractivity contribution in [1.29, 1.82) is 0 Å². The smallest absolute Gasteiger partial charge is 0.146 e. The molecule has 0 spiro atoms. The summed E-state index contributed by atoms with van der Waals surface area (Å²) in [7, 11) is 0. The number of benzene rings is 2. The average molecular weight is 425 g/mol. The van der Waals surface area contributed by atoms with Gasteiger partial charge in [-0.2, -0.15) is 0 Å². The van der Waals surface area contributed by atoms with Crippen LogP contribution in [-0.4, -0.2) is 20.1 Å². The van der Waals surface area contributed by atoms with E-state index in [4.69, 9.17) is 0 Å². The second-order valence-corrected chi connectivity index (χ2v) is 7.85. The van der Waals surface area contributed by atoms with Crippen LogP contribution in [0, 0.1) is 0 Å². The van der Waals surface area contributed by atoms with Gasteiger partial charge >= 0.3 is 0 Å². The highest BCUT2D eigenvalue weighted by Crippen LogP contribution is 2.35. The number of phenolic OH excluding ortho intramolecular Hbond substituents is 1. The molecule has 114 valence electrons. The zero-order valence-corrected chi connectivity index (χ0v) is 15.6. The van der Waals surface area contributed by atoms with Gasteiger partial charge in [0.2, 0.25) is 0 Å². The van der Waals surface area contributed by atoms with E-state index in [2.05, 4.69) is 62.8 Å². The predicted molar refractivity (Wildman–Crippen MR) is 94.6 cm³/mol. The number of hydrogen-bond acceptors (Lipinski definition) is 3. The van der Waals surface area contributed by atoms with Gasteiger partial charge in [-0.3, -0.25) is 0 Å². The molecule has 4 nitrogen and oxygen atoms in total. The van der Waals surface area contributed by atoms with Crippen LogP contribution >= 0.6 is 31.9 Å². The molecule has 6 heteroatoms. The van der Waals surface area contributed by atoms with Crippen molar-refractivity contribution in [2.75, 3.05) is 0 Å². The van der Waals surface area contributed by atoms with Crippen LogP contribution in [0.1, 0.15) is 26.3 Å². The molecule has 0 aliphatic carbocycles. The quantitative estimate of drug-likeness (QED) is 0.601. The summed E-state index contributed by atoms with van der Waals surface area (Å²) in [5, 5.41) is 19.6. The highest BCUT2D eigenvalue weighted by molar-refractivity contribution is 9.11. The zero-order chi connectivity index (χ0) is 16.1. The maximum Gasteiger partial charge on any atom is 0.146 e. The molecule has 0 aliphatic rings. The van der Waals surface area contributed by atoms with E-state index in [-0.39, 0.29) is 11.2 Å². The van der Waals surface area contributed by atoms with Gasteiger partial charge in [0.25, 0.3) is 0 Å². The molecule has 0 saturated heterocycles. The van der Waals surface area contributed by atoms with Crippen molar-refractivity contribution in [3.05, 3.63) is 44.8 Å². The third-order valence-electron chi connectivity index (χ3n) is 3.48. The number of hydrogen-bond donors (Lipinski definition) is 1. The number of rotatable bonds is 1. The minimum atomic E-state index is -0.159. The Bertz CT molecular complexity index is 827. The molecule has 1 heterocycles. The zero-order valence-electron chi connectivity index (χ0n) is 12.4. The molecule has 22 heavy (non-hydrogen) atoms. The Labute approximate surface area is 145 Å². The summed E-state index contributed by atoms with van der Waals surface area (Å²) in [4.78, 5) is 1.48. The number of para-hydroxylation sites is 1. The lowest BCUT2D eigenvalue weighted by Crippen LogP contribution is -2.12. The van der Waals surface area contributed by atoms with Gasteiger partial charge in [-0.1, -0.05) is 32.9 Å². The molecular formula is C16H15Br2N3O. The number of halogens is 2. The van der Waals surface area contributed by atoms with Crippen LogP contribution in [0.5, 0.6) is 5.75 Å². The van der Waals surface area contributed by atoms with Crippen molar-refractivity contribution < 1.29 is 5.11 Å². The summed E-state index contributed by atoms with van der Waals surface area (Å²) in [6, 6.07) is 9.47. The van der Waals surface area contributed by atoms with E-state index in [1.807, 2.05) is 30.3 Å². The summed E-state index contributed by atoms with van der Waals surface area (Å²) >= 11 is 6.96. The first-order chi connectivity index (χ1) is 10.3. The van der Waals surface area contributed by atoms with Gasteiger partial charge in [-0.05, 0) is 55.5 Å². The first kappa shape index (κ1) is 15.5. The van der Waals surface area contributed by atoms with E-state index in [1.54, 1.807) is 0 Å². The SMILES string of the molecule is CC(C)(C)c1cccc(-n2nc3c(Br)ccc(Br)c3n2)c1O. The molecule has 0 radical (unpaired) electrons. The van der Waals surface area contributed by atoms with Crippen LogP contribution in [0.4, 0.5) is 0 Å². The number of aromatic nitrogens is 3. The monoisotopic (exact) mass is 423 g/mol. The summed E-state index contributed by atoms with van der Waals surface area (Å²) in [6.45, 7) is 6.18. The Morgan fingerprint density at radius 3 is 2.00 bits per heavy atom. The second-order valence-electron chi connectivity index (χ2n) is 6.14. The van der Waals surface area contributed by atoms with Crippen LogP contribution in [0.15, 0.2) is 39.3 Å². The van der Waals surface area contributed by atoms with Crippen LogP contribution in [0.2, 0.25) is 0 Å².